The summed E-state index contributed by atoms with van der Waals surface area (Å²) in [5.41, 5.74) is 0. The van der Waals surface area contributed by atoms with Crippen molar-refractivity contribution < 1.29 is 47.6 Å². The Balaban J connectivity index is 2.43. The fourth-order valence-electron chi connectivity index (χ4n) is 2.93. The minimum Gasteiger partial charge on any atom is -0.463 e. The molecule has 170 valence electrons. The van der Waals surface area contributed by atoms with Crippen LogP contribution in [0.3, 0.4) is 0 Å². The average Bonchev–Trinajstić information content (AvgIpc) is 2.65. The van der Waals surface area contributed by atoms with Crippen LogP contribution in [-0.2, 0) is 42.9 Å². The van der Waals surface area contributed by atoms with Crippen LogP contribution in [0.15, 0.2) is 24.3 Å². The van der Waals surface area contributed by atoms with Crippen LogP contribution in [0.25, 0.3) is 0 Å². The second-order valence-corrected chi connectivity index (χ2v) is 7.08. The third-order valence-electron chi connectivity index (χ3n) is 4.01. The van der Waals surface area contributed by atoms with Gasteiger partial charge >= 0.3 is 23.9 Å². The second kappa shape index (κ2) is 11.0. The van der Waals surface area contributed by atoms with E-state index in [-0.39, 0.29) is 6.61 Å². The van der Waals surface area contributed by atoms with Crippen LogP contribution >= 0.6 is 11.6 Å². The molecule has 0 unspecified atom stereocenters. The maximum absolute atomic E-state index is 11.8. The van der Waals surface area contributed by atoms with E-state index in [2.05, 4.69) is 0 Å². The summed E-state index contributed by atoms with van der Waals surface area (Å²) in [5.74, 6) is -2.44. The fourth-order valence-corrected chi connectivity index (χ4v) is 3.06. The molecular formula is C20H23ClO10. The highest BCUT2D eigenvalue weighted by atomic mass is 35.5. The highest BCUT2D eigenvalue weighted by Gasteiger charge is 2.53. The molecular weight excluding hydrogens is 436 g/mol. The Hall–Kier alpha value is -2.85. The van der Waals surface area contributed by atoms with Crippen molar-refractivity contribution in [2.24, 2.45) is 0 Å². The van der Waals surface area contributed by atoms with Gasteiger partial charge in [-0.1, -0.05) is 11.6 Å². The molecule has 5 atom stereocenters. The standard InChI is InChI=1S/C20H23ClO10/c1-10(22)26-9-16-17(27-11(2)23)18(28-12(3)24)19(29-13(4)25)20(31-16)30-15-7-5-14(21)6-8-15/h5-8,16-20H,9H2,1-4H3/t16-,17-,18+,19-,20-/m0/s1. The first-order chi connectivity index (χ1) is 14.6. The van der Waals surface area contributed by atoms with Gasteiger partial charge in [-0.15, -0.1) is 0 Å². The van der Waals surface area contributed by atoms with Crippen molar-refractivity contribution in [3.05, 3.63) is 29.3 Å². The molecule has 11 heteroatoms. The van der Waals surface area contributed by atoms with Gasteiger partial charge in [0, 0.05) is 32.7 Å². The smallest absolute Gasteiger partial charge is 0.303 e. The first kappa shape index (κ1) is 24.4. The Kier molecular flexibility index (Phi) is 8.64. The lowest BCUT2D eigenvalue weighted by molar-refractivity contribution is -0.288. The first-order valence-corrected chi connectivity index (χ1v) is 9.67. The van der Waals surface area contributed by atoms with Crippen LogP contribution in [0.1, 0.15) is 27.7 Å². The number of ether oxygens (including phenoxy) is 6. The van der Waals surface area contributed by atoms with Gasteiger partial charge in [0.15, 0.2) is 12.2 Å². The van der Waals surface area contributed by atoms with E-state index in [9.17, 15) is 19.2 Å². The first-order valence-electron chi connectivity index (χ1n) is 9.29. The molecule has 0 N–H and O–H groups in total. The maximum atomic E-state index is 11.8. The average molecular weight is 459 g/mol. The molecule has 1 aromatic rings. The fraction of sp³-hybridized carbons (Fsp3) is 0.500. The summed E-state index contributed by atoms with van der Waals surface area (Å²) in [7, 11) is 0. The lowest BCUT2D eigenvalue weighted by atomic mass is 9.98. The van der Waals surface area contributed by atoms with Crippen molar-refractivity contribution in [2.45, 2.75) is 58.4 Å². The lowest BCUT2D eigenvalue weighted by Gasteiger charge is -2.43. The minimum absolute atomic E-state index is 0.310. The summed E-state index contributed by atoms with van der Waals surface area (Å²) in [4.78, 5) is 46.5. The molecule has 10 nitrogen and oxygen atoms in total. The summed E-state index contributed by atoms with van der Waals surface area (Å²) >= 11 is 5.88. The van der Waals surface area contributed by atoms with E-state index in [0.29, 0.717) is 10.8 Å². The van der Waals surface area contributed by atoms with E-state index in [0.717, 1.165) is 20.8 Å². The summed E-state index contributed by atoms with van der Waals surface area (Å²) in [6, 6.07) is 6.25. The number of esters is 4. The van der Waals surface area contributed by atoms with Gasteiger partial charge in [-0.25, -0.2) is 0 Å². The molecule has 2 rings (SSSR count). The largest absolute Gasteiger partial charge is 0.463 e. The predicted molar refractivity (Wildman–Crippen MR) is 104 cm³/mol. The zero-order valence-electron chi connectivity index (χ0n) is 17.4. The highest BCUT2D eigenvalue weighted by molar-refractivity contribution is 6.30. The zero-order valence-corrected chi connectivity index (χ0v) is 18.1. The van der Waals surface area contributed by atoms with E-state index in [1.165, 1.54) is 6.92 Å². The Labute approximate surface area is 183 Å². The molecule has 0 aromatic heterocycles. The van der Waals surface area contributed by atoms with E-state index < -0.39 is 54.6 Å². The number of benzene rings is 1. The molecule has 0 bridgehead atoms. The zero-order chi connectivity index (χ0) is 23.1. The highest BCUT2D eigenvalue weighted by Crippen LogP contribution is 2.31. The Bertz CT molecular complexity index is 809. The van der Waals surface area contributed by atoms with Crippen LogP contribution in [0.2, 0.25) is 5.02 Å². The lowest BCUT2D eigenvalue weighted by Crippen LogP contribution is -2.63. The van der Waals surface area contributed by atoms with Crippen molar-refractivity contribution in [3.8, 4) is 5.75 Å². The number of carbonyl (C=O) groups excluding carboxylic acids is 4. The molecule has 0 saturated carbocycles. The summed E-state index contributed by atoms with van der Waals surface area (Å²) in [6.07, 6.45) is -6.20. The predicted octanol–water partition coefficient (Wildman–Crippen LogP) is 1.80. The van der Waals surface area contributed by atoms with Gasteiger partial charge in [-0.05, 0) is 24.3 Å². The molecule has 1 fully saturated rings. The van der Waals surface area contributed by atoms with Crippen molar-refractivity contribution in [1.82, 2.24) is 0 Å². The van der Waals surface area contributed by atoms with Gasteiger partial charge in [0.2, 0.25) is 12.4 Å². The molecule has 0 aliphatic carbocycles. The van der Waals surface area contributed by atoms with Crippen LogP contribution < -0.4 is 4.74 Å². The molecule has 1 aromatic carbocycles. The summed E-state index contributed by atoms with van der Waals surface area (Å²) < 4.78 is 32.5. The quantitative estimate of drug-likeness (QED) is 0.441. The van der Waals surface area contributed by atoms with E-state index in [4.69, 9.17) is 40.0 Å². The van der Waals surface area contributed by atoms with Gasteiger partial charge in [-0.3, -0.25) is 19.2 Å². The van der Waals surface area contributed by atoms with E-state index in [1.807, 2.05) is 0 Å². The third-order valence-corrected chi connectivity index (χ3v) is 4.27. The molecule has 0 radical (unpaired) electrons. The summed E-state index contributed by atoms with van der Waals surface area (Å²) in [5, 5.41) is 0.467. The Morgan fingerprint density at radius 2 is 1.32 bits per heavy atom. The number of halogens is 1. The van der Waals surface area contributed by atoms with Crippen molar-refractivity contribution >= 4 is 35.5 Å². The molecule has 0 spiro atoms. The van der Waals surface area contributed by atoms with Gasteiger partial charge < -0.3 is 28.4 Å². The van der Waals surface area contributed by atoms with Crippen LogP contribution in [-0.4, -0.2) is 61.2 Å². The SMILES string of the molecule is CC(=O)OC[C@@H]1O[C@H](Oc2ccc(Cl)cc2)[C@@H](OC(C)=O)[C@H](OC(C)=O)[C@H]1OC(C)=O. The van der Waals surface area contributed by atoms with Crippen LogP contribution in [0.5, 0.6) is 5.75 Å². The molecule has 1 heterocycles. The monoisotopic (exact) mass is 458 g/mol. The molecule has 0 amide bonds. The van der Waals surface area contributed by atoms with E-state index in [1.54, 1.807) is 24.3 Å². The van der Waals surface area contributed by atoms with Crippen LogP contribution in [0.4, 0.5) is 0 Å². The molecule has 1 aliphatic heterocycles. The van der Waals surface area contributed by atoms with Crippen molar-refractivity contribution in [3.63, 3.8) is 0 Å². The Morgan fingerprint density at radius 3 is 1.84 bits per heavy atom. The van der Waals surface area contributed by atoms with Crippen LogP contribution in [0, 0.1) is 0 Å². The molecule has 1 saturated heterocycles. The Morgan fingerprint density at radius 1 is 0.806 bits per heavy atom. The minimum atomic E-state index is -1.30. The van der Waals surface area contributed by atoms with Gasteiger partial charge in [0.05, 0.1) is 0 Å². The van der Waals surface area contributed by atoms with Gasteiger partial charge in [0.1, 0.15) is 18.5 Å². The topological polar surface area (TPSA) is 124 Å². The number of rotatable bonds is 7. The third kappa shape index (κ3) is 7.41. The second-order valence-electron chi connectivity index (χ2n) is 6.64. The normalized spacial score (nSPS) is 25.1. The van der Waals surface area contributed by atoms with E-state index >= 15 is 0 Å². The number of hydrogen-bond donors (Lipinski definition) is 0. The molecule has 31 heavy (non-hydrogen) atoms. The van der Waals surface area contributed by atoms with Gasteiger partial charge in [-0.2, -0.15) is 0 Å². The molecule has 1 aliphatic rings. The van der Waals surface area contributed by atoms with Crippen molar-refractivity contribution in [2.75, 3.05) is 6.61 Å². The summed E-state index contributed by atoms with van der Waals surface area (Å²) in [6.45, 7) is 4.29. The maximum Gasteiger partial charge on any atom is 0.303 e. The van der Waals surface area contributed by atoms with Crippen molar-refractivity contribution in [1.29, 1.82) is 0 Å². The van der Waals surface area contributed by atoms with Gasteiger partial charge in [0.25, 0.3) is 0 Å². The number of carbonyl (C=O) groups is 4. The number of hydrogen-bond acceptors (Lipinski definition) is 10.